The molecule has 1 aromatic heterocycles. The van der Waals surface area contributed by atoms with E-state index in [0.717, 1.165) is 18.1 Å². The first-order chi connectivity index (χ1) is 4.88. The smallest absolute Gasteiger partial charge is 0.189 e. The van der Waals surface area contributed by atoms with Crippen LogP contribution in [-0.4, -0.2) is 15.9 Å². The minimum atomic E-state index is 0.916. The Bertz CT molecular complexity index is 273. The van der Waals surface area contributed by atoms with Crippen LogP contribution >= 0.6 is 0 Å². The summed E-state index contributed by atoms with van der Waals surface area (Å²) in [5, 5.41) is 2.01. The highest BCUT2D eigenvalue weighted by Gasteiger charge is 2.11. The largest absolute Gasteiger partial charge is 0.318 e. The highest BCUT2D eigenvalue weighted by atomic mass is 15.2. The fraction of sp³-hybridized carbons (Fsp3) is 0.333. The SMILES string of the molecule is Cn1cnc2c1N=C[NH2+]C2. The number of fused-ring (bicyclic) bond motifs is 1. The molecular formula is C6H9N4+. The van der Waals surface area contributed by atoms with Crippen LogP contribution < -0.4 is 5.32 Å². The highest BCUT2D eigenvalue weighted by Crippen LogP contribution is 2.15. The normalized spacial score (nSPS) is 15.3. The molecule has 2 rings (SSSR count). The maximum atomic E-state index is 4.17. The maximum Gasteiger partial charge on any atom is 0.189 e. The van der Waals surface area contributed by atoms with E-state index in [1.54, 1.807) is 6.33 Å². The molecule has 0 atom stereocenters. The molecule has 4 nitrogen and oxygen atoms in total. The van der Waals surface area contributed by atoms with E-state index < -0.39 is 0 Å². The predicted octanol–water partition coefficient (Wildman–Crippen LogP) is -0.843. The first kappa shape index (κ1) is 5.61. The lowest BCUT2D eigenvalue weighted by molar-refractivity contribution is -0.549. The summed E-state index contributed by atoms with van der Waals surface area (Å²) in [5.74, 6) is 0.988. The quantitative estimate of drug-likeness (QED) is 0.498. The minimum absolute atomic E-state index is 0.916. The zero-order valence-electron chi connectivity index (χ0n) is 5.78. The Morgan fingerprint density at radius 2 is 2.60 bits per heavy atom. The van der Waals surface area contributed by atoms with Crippen molar-refractivity contribution in [2.24, 2.45) is 12.0 Å². The van der Waals surface area contributed by atoms with Crippen LogP contribution in [0.4, 0.5) is 5.82 Å². The molecule has 0 saturated heterocycles. The molecule has 0 bridgehead atoms. The fourth-order valence-corrected chi connectivity index (χ4v) is 1.07. The Labute approximate surface area is 58.6 Å². The number of nitrogens with two attached hydrogens (primary N) is 1. The Kier molecular flexibility index (Phi) is 1.07. The Morgan fingerprint density at radius 1 is 1.70 bits per heavy atom. The third kappa shape index (κ3) is 0.657. The van der Waals surface area contributed by atoms with Gasteiger partial charge < -0.3 is 4.57 Å². The van der Waals surface area contributed by atoms with Gasteiger partial charge in [0.25, 0.3) is 0 Å². The lowest BCUT2D eigenvalue weighted by Crippen LogP contribution is -2.81. The third-order valence-corrected chi connectivity index (χ3v) is 1.59. The molecule has 1 aliphatic heterocycles. The van der Waals surface area contributed by atoms with Gasteiger partial charge in [-0.15, -0.1) is 0 Å². The van der Waals surface area contributed by atoms with Crippen LogP contribution in [0.1, 0.15) is 5.69 Å². The van der Waals surface area contributed by atoms with Crippen LogP contribution in [0, 0.1) is 0 Å². The molecule has 0 radical (unpaired) electrons. The second-order valence-corrected chi connectivity index (χ2v) is 2.34. The summed E-state index contributed by atoms with van der Waals surface area (Å²) in [6.07, 6.45) is 3.62. The zero-order chi connectivity index (χ0) is 6.97. The summed E-state index contributed by atoms with van der Waals surface area (Å²) in [7, 11) is 1.95. The second-order valence-electron chi connectivity index (χ2n) is 2.34. The standard InChI is InChI=1S/C6H8N4/c1-10-4-9-5-2-7-3-8-6(5)10/h3-4H,2H2,1H3,(H,7,8)/p+1. The monoisotopic (exact) mass is 137 g/mol. The van der Waals surface area contributed by atoms with E-state index in [1.165, 1.54) is 0 Å². The van der Waals surface area contributed by atoms with Gasteiger partial charge >= 0.3 is 0 Å². The van der Waals surface area contributed by atoms with Crippen LogP contribution in [0.15, 0.2) is 11.3 Å². The van der Waals surface area contributed by atoms with Gasteiger partial charge in [0.2, 0.25) is 0 Å². The Morgan fingerprint density at radius 3 is 3.40 bits per heavy atom. The predicted molar refractivity (Wildman–Crippen MR) is 37.0 cm³/mol. The van der Waals surface area contributed by atoms with Crippen molar-refractivity contribution in [3.05, 3.63) is 12.0 Å². The molecule has 0 aliphatic carbocycles. The molecule has 52 valence electrons. The van der Waals surface area contributed by atoms with E-state index in [-0.39, 0.29) is 0 Å². The van der Waals surface area contributed by atoms with E-state index in [0.29, 0.717) is 0 Å². The second kappa shape index (κ2) is 1.91. The van der Waals surface area contributed by atoms with Crippen LogP contribution in [0.25, 0.3) is 0 Å². The molecule has 0 saturated carbocycles. The molecule has 0 unspecified atom stereocenters. The first-order valence-corrected chi connectivity index (χ1v) is 3.24. The van der Waals surface area contributed by atoms with Gasteiger partial charge in [0, 0.05) is 7.05 Å². The summed E-state index contributed by atoms with van der Waals surface area (Å²) in [5.41, 5.74) is 1.07. The van der Waals surface area contributed by atoms with Crippen molar-refractivity contribution in [3.8, 4) is 0 Å². The van der Waals surface area contributed by atoms with Crippen molar-refractivity contribution in [2.75, 3.05) is 0 Å². The number of aromatic nitrogens is 2. The van der Waals surface area contributed by atoms with Crippen LogP contribution in [0.5, 0.6) is 0 Å². The molecule has 10 heavy (non-hydrogen) atoms. The summed E-state index contributed by atoms with van der Waals surface area (Å²) in [6, 6.07) is 0. The zero-order valence-corrected chi connectivity index (χ0v) is 5.78. The van der Waals surface area contributed by atoms with Gasteiger partial charge in [0.1, 0.15) is 12.2 Å². The third-order valence-electron chi connectivity index (χ3n) is 1.59. The topological polar surface area (TPSA) is 46.8 Å². The summed E-state index contributed by atoms with van der Waals surface area (Å²) in [4.78, 5) is 8.35. The average Bonchev–Trinajstić information content (AvgIpc) is 2.34. The minimum Gasteiger partial charge on any atom is -0.318 e. The van der Waals surface area contributed by atoms with Crippen molar-refractivity contribution < 1.29 is 5.32 Å². The Hall–Kier alpha value is -1.16. The number of hydrogen-bond acceptors (Lipinski definition) is 2. The number of nitrogens with zero attached hydrogens (tertiary/aromatic N) is 3. The van der Waals surface area contributed by atoms with E-state index in [2.05, 4.69) is 9.98 Å². The summed E-state index contributed by atoms with van der Waals surface area (Å²) in [6.45, 7) is 0.916. The molecule has 0 spiro atoms. The average molecular weight is 137 g/mol. The van der Waals surface area contributed by atoms with Gasteiger partial charge in [0.15, 0.2) is 12.2 Å². The van der Waals surface area contributed by atoms with Gasteiger partial charge in [-0.3, -0.25) is 5.32 Å². The fourth-order valence-electron chi connectivity index (χ4n) is 1.07. The molecule has 2 N–H and O–H groups in total. The van der Waals surface area contributed by atoms with E-state index >= 15 is 0 Å². The van der Waals surface area contributed by atoms with Crippen LogP contribution in [0.3, 0.4) is 0 Å². The van der Waals surface area contributed by atoms with E-state index in [9.17, 15) is 0 Å². The number of aliphatic imine (C=N–C) groups is 1. The van der Waals surface area contributed by atoms with E-state index in [1.807, 2.05) is 23.3 Å². The van der Waals surface area contributed by atoms with Crippen molar-refractivity contribution in [1.82, 2.24) is 9.55 Å². The van der Waals surface area contributed by atoms with Gasteiger partial charge in [-0.1, -0.05) is 0 Å². The molecule has 4 heteroatoms. The number of hydrogen-bond donors (Lipinski definition) is 1. The molecule has 2 heterocycles. The number of quaternary nitrogens is 1. The number of imidazole rings is 1. The van der Waals surface area contributed by atoms with Crippen molar-refractivity contribution in [3.63, 3.8) is 0 Å². The van der Waals surface area contributed by atoms with Crippen LogP contribution in [-0.2, 0) is 13.6 Å². The van der Waals surface area contributed by atoms with Crippen LogP contribution in [0.2, 0.25) is 0 Å². The molecular weight excluding hydrogens is 128 g/mol. The summed E-state index contributed by atoms with van der Waals surface area (Å²) < 4.78 is 1.93. The lowest BCUT2D eigenvalue weighted by atomic mass is 10.4. The van der Waals surface area contributed by atoms with Crippen molar-refractivity contribution in [1.29, 1.82) is 0 Å². The van der Waals surface area contributed by atoms with Crippen molar-refractivity contribution in [2.45, 2.75) is 6.54 Å². The lowest BCUT2D eigenvalue weighted by Gasteiger charge is -2.01. The highest BCUT2D eigenvalue weighted by molar-refractivity contribution is 5.54. The molecule has 0 aromatic carbocycles. The number of aryl methyl sites for hydroxylation is 1. The molecule has 1 aromatic rings. The molecule has 1 aliphatic rings. The Balaban J connectivity index is 2.57. The first-order valence-electron chi connectivity index (χ1n) is 3.24. The summed E-state index contributed by atoms with van der Waals surface area (Å²) >= 11 is 0. The van der Waals surface area contributed by atoms with Crippen molar-refractivity contribution >= 4 is 12.2 Å². The maximum absolute atomic E-state index is 4.17. The van der Waals surface area contributed by atoms with Gasteiger partial charge in [-0.05, 0) is 0 Å². The molecule has 0 fully saturated rings. The van der Waals surface area contributed by atoms with Gasteiger partial charge in [0.05, 0.1) is 6.33 Å². The van der Waals surface area contributed by atoms with Gasteiger partial charge in [-0.2, -0.15) is 4.99 Å². The van der Waals surface area contributed by atoms with E-state index in [4.69, 9.17) is 0 Å². The number of rotatable bonds is 0. The van der Waals surface area contributed by atoms with Gasteiger partial charge in [-0.25, -0.2) is 4.98 Å². The molecule has 0 amide bonds.